The van der Waals surface area contributed by atoms with Crippen LogP contribution >= 0.6 is 0 Å². The van der Waals surface area contributed by atoms with Crippen molar-refractivity contribution >= 4 is 23.4 Å². The number of hydrogen-bond acceptors (Lipinski definition) is 2. The Hall–Kier alpha value is -2.68. The largest absolute Gasteiger partial charge is 0.478 e. The van der Waals surface area contributed by atoms with E-state index in [-0.39, 0.29) is 11.3 Å². The molecule has 3 heteroatoms. The monoisotopic (exact) mass is 278 g/mol. The van der Waals surface area contributed by atoms with Crippen molar-refractivity contribution in [3.05, 3.63) is 70.8 Å². The maximum Gasteiger partial charge on any atom is 0.335 e. The molecule has 2 aromatic rings. The van der Waals surface area contributed by atoms with Gasteiger partial charge in [0, 0.05) is 12.0 Å². The fourth-order valence-corrected chi connectivity index (χ4v) is 2.58. The molecule has 0 radical (unpaired) electrons. The van der Waals surface area contributed by atoms with E-state index in [2.05, 4.69) is 0 Å². The predicted molar refractivity (Wildman–Crippen MR) is 81.0 cm³/mol. The number of aryl methyl sites for hydroxylation is 1. The highest BCUT2D eigenvalue weighted by Gasteiger charge is 2.20. The normalized spacial score (nSPS) is 15.8. The highest BCUT2D eigenvalue weighted by molar-refractivity contribution is 6.26. The van der Waals surface area contributed by atoms with Gasteiger partial charge in [0.05, 0.1) is 5.56 Å². The van der Waals surface area contributed by atoms with Crippen molar-refractivity contribution < 1.29 is 14.7 Å². The molecule has 1 N–H and O–H groups in total. The third-order valence-electron chi connectivity index (χ3n) is 3.70. The van der Waals surface area contributed by atoms with Crippen LogP contribution in [0.3, 0.4) is 0 Å². The van der Waals surface area contributed by atoms with E-state index in [0.29, 0.717) is 12.0 Å². The van der Waals surface area contributed by atoms with Crippen molar-refractivity contribution in [2.24, 2.45) is 0 Å². The van der Waals surface area contributed by atoms with Crippen LogP contribution in [0, 0.1) is 0 Å². The van der Waals surface area contributed by atoms with Crippen LogP contribution in [0.2, 0.25) is 0 Å². The fraction of sp³-hybridized carbons (Fsp3) is 0.111. The number of ketones is 1. The number of carboxylic acids is 1. The Morgan fingerprint density at radius 1 is 1.00 bits per heavy atom. The van der Waals surface area contributed by atoms with E-state index in [1.807, 2.05) is 30.3 Å². The first kappa shape index (κ1) is 13.3. The predicted octanol–water partition coefficient (Wildman–Crippen LogP) is 3.44. The van der Waals surface area contributed by atoms with Gasteiger partial charge in [-0.25, -0.2) is 4.79 Å². The number of aromatic carboxylic acids is 1. The van der Waals surface area contributed by atoms with E-state index < -0.39 is 5.97 Å². The fourth-order valence-electron chi connectivity index (χ4n) is 2.58. The van der Waals surface area contributed by atoms with Gasteiger partial charge >= 0.3 is 5.97 Å². The minimum absolute atomic E-state index is 0.135. The van der Waals surface area contributed by atoms with Gasteiger partial charge in [0.15, 0.2) is 5.78 Å². The second kappa shape index (κ2) is 5.37. The second-order valence-electron chi connectivity index (χ2n) is 5.07. The van der Waals surface area contributed by atoms with Gasteiger partial charge in [0.1, 0.15) is 0 Å². The van der Waals surface area contributed by atoms with Crippen molar-refractivity contribution in [1.29, 1.82) is 0 Å². The summed E-state index contributed by atoms with van der Waals surface area (Å²) in [6.07, 6.45) is 3.15. The molecule has 1 aliphatic rings. The van der Waals surface area contributed by atoms with Gasteiger partial charge in [0.2, 0.25) is 0 Å². The van der Waals surface area contributed by atoms with Crippen LogP contribution < -0.4 is 0 Å². The van der Waals surface area contributed by atoms with Crippen molar-refractivity contribution in [2.75, 3.05) is 0 Å². The summed E-state index contributed by atoms with van der Waals surface area (Å²) in [7, 11) is 0. The molecule has 21 heavy (non-hydrogen) atoms. The zero-order chi connectivity index (χ0) is 14.8. The summed E-state index contributed by atoms with van der Waals surface area (Å²) in [5.41, 5.74) is 3.95. The second-order valence-corrected chi connectivity index (χ2v) is 5.07. The van der Waals surface area contributed by atoms with Gasteiger partial charge in [-0.3, -0.25) is 4.79 Å². The Morgan fingerprint density at radius 3 is 2.43 bits per heavy atom. The average Bonchev–Trinajstić information content (AvgIpc) is 2.51. The molecule has 1 aliphatic carbocycles. The summed E-state index contributed by atoms with van der Waals surface area (Å²) in [6.45, 7) is 0. The Labute approximate surface area is 122 Å². The van der Waals surface area contributed by atoms with Gasteiger partial charge in [0.25, 0.3) is 0 Å². The number of hydrogen-bond donors (Lipinski definition) is 1. The van der Waals surface area contributed by atoms with E-state index in [0.717, 1.165) is 17.5 Å². The zero-order valence-corrected chi connectivity index (χ0v) is 11.4. The number of fused-ring (bicyclic) bond motifs is 1. The van der Waals surface area contributed by atoms with Crippen LogP contribution in [0.15, 0.2) is 48.5 Å². The lowest BCUT2D eigenvalue weighted by molar-refractivity contribution is -0.113. The molecule has 0 amide bonds. The zero-order valence-electron chi connectivity index (χ0n) is 11.4. The quantitative estimate of drug-likeness (QED) is 0.856. The molecule has 0 heterocycles. The molecular weight excluding hydrogens is 264 g/mol. The lowest BCUT2D eigenvalue weighted by atomic mass is 9.85. The average molecular weight is 278 g/mol. The first-order chi connectivity index (χ1) is 10.1. The summed E-state index contributed by atoms with van der Waals surface area (Å²) in [6, 6.07) is 14.5. The van der Waals surface area contributed by atoms with Gasteiger partial charge in [-0.1, -0.05) is 36.4 Å². The molecule has 0 unspecified atom stereocenters. The molecule has 0 spiro atoms. The minimum atomic E-state index is -0.951. The van der Waals surface area contributed by atoms with Crippen LogP contribution in [0.25, 0.3) is 11.6 Å². The lowest BCUT2D eigenvalue weighted by Crippen LogP contribution is -2.12. The van der Waals surface area contributed by atoms with E-state index in [1.54, 1.807) is 24.3 Å². The first-order valence-electron chi connectivity index (χ1n) is 6.82. The minimum Gasteiger partial charge on any atom is -0.478 e. The number of Topliss-reactive ketones (excluding diaryl/α,β-unsaturated/α-hetero) is 1. The molecule has 0 saturated carbocycles. The van der Waals surface area contributed by atoms with Crippen molar-refractivity contribution in [3.63, 3.8) is 0 Å². The van der Waals surface area contributed by atoms with E-state index in [4.69, 9.17) is 5.11 Å². The molecule has 0 aromatic heterocycles. The molecule has 3 nitrogen and oxygen atoms in total. The van der Waals surface area contributed by atoms with E-state index >= 15 is 0 Å². The molecule has 0 fully saturated rings. The standard InChI is InChI=1S/C18H14O3/c19-17-10-9-13-3-1-2-4-15(13)16(17)11-12-5-7-14(8-6-12)18(20)21/h1-8,11H,9-10H2,(H,20,21)/b16-11-. The molecule has 0 atom stereocenters. The van der Waals surface area contributed by atoms with Crippen molar-refractivity contribution in [2.45, 2.75) is 12.8 Å². The van der Waals surface area contributed by atoms with Crippen LogP contribution in [0.5, 0.6) is 0 Å². The summed E-state index contributed by atoms with van der Waals surface area (Å²) in [5.74, 6) is -0.815. The number of carbonyl (C=O) groups excluding carboxylic acids is 1. The topological polar surface area (TPSA) is 54.4 Å². The van der Waals surface area contributed by atoms with Gasteiger partial charge < -0.3 is 5.11 Å². The Morgan fingerprint density at radius 2 is 1.71 bits per heavy atom. The lowest BCUT2D eigenvalue weighted by Gasteiger charge is -2.17. The summed E-state index contributed by atoms with van der Waals surface area (Å²) >= 11 is 0. The van der Waals surface area contributed by atoms with Gasteiger partial charge in [-0.2, -0.15) is 0 Å². The highest BCUT2D eigenvalue weighted by Crippen LogP contribution is 2.29. The number of carboxylic acid groups (broad SMARTS) is 1. The summed E-state index contributed by atoms with van der Waals surface area (Å²) in [4.78, 5) is 23.0. The Balaban J connectivity index is 2.02. The highest BCUT2D eigenvalue weighted by atomic mass is 16.4. The maximum absolute atomic E-state index is 12.2. The molecule has 0 bridgehead atoms. The summed E-state index contributed by atoms with van der Waals surface area (Å²) in [5, 5.41) is 8.90. The van der Waals surface area contributed by atoms with Crippen LogP contribution in [-0.4, -0.2) is 16.9 Å². The SMILES string of the molecule is O=C1CCc2ccccc2/C1=C/c1ccc(C(=O)O)cc1. The van der Waals surface area contributed by atoms with E-state index in [9.17, 15) is 9.59 Å². The molecular formula is C18H14O3. The number of carbonyl (C=O) groups is 2. The number of allylic oxidation sites excluding steroid dienone is 1. The Bertz CT molecular complexity index is 739. The maximum atomic E-state index is 12.2. The first-order valence-corrected chi connectivity index (χ1v) is 6.82. The van der Waals surface area contributed by atoms with Crippen LogP contribution in [0.1, 0.15) is 33.5 Å². The molecule has 104 valence electrons. The third-order valence-corrected chi connectivity index (χ3v) is 3.70. The van der Waals surface area contributed by atoms with Gasteiger partial charge in [-0.05, 0) is 41.3 Å². The Kier molecular flexibility index (Phi) is 3.40. The third kappa shape index (κ3) is 2.63. The van der Waals surface area contributed by atoms with Crippen LogP contribution in [0.4, 0.5) is 0 Å². The molecule has 0 saturated heterocycles. The smallest absolute Gasteiger partial charge is 0.335 e. The number of benzene rings is 2. The summed E-state index contributed by atoms with van der Waals surface area (Å²) < 4.78 is 0. The van der Waals surface area contributed by atoms with Crippen molar-refractivity contribution in [3.8, 4) is 0 Å². The van der Waals surface area contributed by atoms with Crippen LogP contribution in [-0.2, 0) is 11.2 Å². The van der Waals surface area contributed by atoms with E-state index in [1.165, 1.54) is 5.56 Å². The van der Waals surface area contributed by atoms with Gasteiger partial charge in [-0.15, -0.1) is 0 Å². The van der Waals surface area contributed by atoms with Crippen molar-refractivity contribution in [1.82, 2.24) is 0 Å². The molecule has 2 aromatic carbocycles. The number of rotatable bonds is 2. The molecule has 3 rings (SSSR count). The molecule has 0 aliphatic heterocycles.